The van der Waals surface area contributed by atoms with Crippen LogP contribution in [-0.4, -0.2) is 34.5 Å². The van der Waals surface area contributed by atoms with Crippen molar-refractivity contribution >= 4 is 11.9 Å². The van der Waals surface area contributed by atoms with E-state index in [1.165, 1.54) is 4.90 Å². The fourth-order valence-corrected chi connectivity index (χ4v) is 1.92. The molecular weight excluding hydrogens is 146 g/mol. The van der Waals surface area contributed by atoms with Gasteiger partial charge in [0.05, 0.1) is 5.92 Å². The molecule has 2 fully saturated rings. The van der Waals surface area contributed by atoms with Gasteiger partial charge in [-0.25, -0.2) is 4.79 Å². The molecular formula is C7H9NO3. The molecule has 1 aliphatic carbocycles. The number of carbonyl (C=O) groups excluding carboxylic acids is 1. The van der Waals surface area contributed by atoms with Crippen molar-refractivity contribution in [2.75, 3.05) is 6.54 Å². The lowest BCUT2D eigenvalue weighted by atomic mass is 9.92. The lowest BCUT2D eigenvalue weighted by Crippen LogP contribution is -2.57. The van der Waals surface area contributed by atoms with Crippen molar-refractivity contribution in [1.29, 1.82) is 0 Å². The van der Waals surface area contributed by atoms with Gasteiger partial charge in [-0.3, -0.25) is 4.79 Å². The molecule has 0 aromatic rings. The Bertz CT molecular complexity index is 226. The van der Waals surface area contributed by atoms with Gasteiger partial charge in [-0.15, -0.1) is 0 Å². The van der Waals surface area contributed by atoms with Crippen LogP contribution in [0.1, 0.15) is 12.8 Å². The molecule has 0 aromatic heterocycles. The number of ketones is 1. The Morgan fingerprint density at radius 3 is 2.91 bits per heavy atom. The van der Waals surface area contributed by atoms with Gasteiger partial charge in [-0.1, -0.05) is 0 Å². The lowest BCUT2D eigenvalue weighted by Gasteiger charge is -2.41. The average molecular weight is 155 g/mol. The summed E-state index contributed by atoms with van der Waals surface area (Å²) in [4.78, 5) is 22.8. The number of likely N-dealkylation sites (tertiary alicyclic amines) is 1. The van der Waals surface area contributed by atoms with Crippen LogP contribution in [0, 0.1) is 5.92 Å². The van der Waals surface area contributed by atoms with Gasteiger partial charge in [-0.2, -0.15) is 0 Å². The van der Waals surface area contributed by atoms with E-state index in [-0.39, 0.29) is 17.7 Å². The summed E-state index contributed by atoms with van der Waals surface area (Å²) in [7, 11) is 0. The number of amides is 1. The van der Waals surface area contributed by atoms with Crippen LogP contribution in [0.5, 0.6) is 0 Å². The van der Waals surface area contributed by atoms with Crippen molar-refractivity contribution in [3.05, 3.63) is 0 Å². The summed E-state index contributed by atoms with van der Waals surface area (Å²) in [6.45, 7) is 0.429. The van der Waals surface area contributed by atoms with E-state index in [1.54, 1.807) is 0 Å². The minimum Gasteiger partial charge on any atom is -0.465 e. The molecule has 4 nitrogen and oxygen atoms in total. The molecule has 0 aromatic carbocycles. The first kappa shape index (κ1) is 6.64. The van der Waals surface area contributed by atoms with E-state index in [9.17, 15) is 9.59 Å². The number of carboxylic acid groups (broad SMARTS) is 1. The normalized spacial score (nSPS) is 34.9. The summed E-state index contributed by atoms with van der Waals surface area (Å²) < 4.78 is 0. The number of nitrogens with zero attached hydrogens (tertiary/aromatic N) is 1. The molecule has 1 amide bonds. The van der Waals surface area contributed by atoms with Crippen molar-refractivity contribution in [1.82, 2.24) is 4.90 Å². The van der Waals surface area contributed by atoms with E-state index in [4.69, 9.17) is 5.11 Å². The fraction of sp³-hybridized carbons (Fsp3) is 0.714. The molecule has 2 unspecified atom stereocenters. The monoisotopic (exact) mass is 155 g/mol. The molecule has 0 radical (unpaired) electrons. The maximum absolute atomic E-state index is 11.0. The van der Waals surface area contributed by atoms with Crippen molar-refractivity contribution < 1.29 is 14.7 Å². The highest BCUT2D eigenvalue weighted by atomic mass is 16.4. The Balaban J connectivity index is 2.07. The van der Waals surface area contributed by atoms with Gasteiger partial charge in [0.1, 0.15) is 5.78 Å². The molecule has 4 heteroatoms. The molecule has 60 valence electrons. The third-order valence-corrected chi connectivity index (χ3v) is 2.60. The molecule has 1 N–H and O–H groups in total. The fourth-order valence-electron chi connectivity index (χ4n) is 1.92. The summed E-state index contributed by atoms with van der Waals surface area (Å²) in [5.41, 5.74) is 0. The summed E-state index contributed by atoms with van der Waals surface area (Å²) in [6, 6.07) is 0.0139. The van der Waals surface area contributed by atoms with Crippen LogP contribution >= 0.6 is 0 Å². The van der Waals surface area contributed by atoms with Crippen LogP contribution in [0.25, 0.3) is 0 Å². The molecule has 0 spiro atoms. The van der Waals surface area contributed by atoms with Gasteiger partial charge >= 0.3 is 6.09 Å². The summed E-state index contributed by atoms with van der Waals surface area (Å²) >= 11 is 0. The Morgan fingerprint density at radius 2 is 2.36 bits per heavy atom. The Hall–Kier alpha value is -1.06. The summed E-state index contributed by atoms with van der Waals surface area (Å²) in [5, 5.41) is 8.58. The van der Waals surface area contributed by atoms with E-state index >= 15 is 0 Å². The van der Waals surface area contributed by atoms with Crippen LogP contribution in [0.4, 0.5) is 4.79 Å². The second kappa shape index (κ2) is 1.96. The van der Waals surface area contributed by atoms with E-state index in [1.807, 2.05) is 0 Å². The van der Waals surface area contributed by atoms with Crippen LogP contribution in [0.2, 0.25) is 0 Å². The maximum Gasteiger partial charge on any atom is 0.407 e. The molecule has 2 aliphatic rings. The predicted molar refractivity (Wildman–Crippen MR) is 36.2 cm³/mol. The zero-order valence-electron chi connectivity index (χ0n) is 5.99. The Kier molecular flexibility index (Phi) is 1.19. The van der Waals surface area contributed by atoms with Crippen molar-refractivity contribution in [3.63, 3.8) is 0 Å². The van der Waals surface area contributed by atoms with Crippen LogP contribution in [-0.2, 0) is 4.79 Å². The lowest BCUT2D eigenvalue weighted by molar-refractivity contribution is -0.124. The molecule has 2 rings (SSSR count). The molecule has 1 saturated carbocycles. The Labute approximate surface area is 63.8 Å². The maximum atomic E-state index is 11.0. The first-order valence-corrected chi connectivity index (χ1v) is 3.72. The molecule has 1 aliphatic heterocycles. The number of hydrogen-bond acceptors (Lipinski definition) is 2. The SMILES string of the molecule is O=C1CCC2C1CN2C(=O)O. The highest BCUT2D eigenvalue weighted by Gasteiger charge is 2.49. The van der Waals surface area contributed by atoms with E-state index < -0.39 is 6.09 Å². The first-order chi connectivity index (χ1) is 5.20. The van der Waals surface area contributed by atoms with E-state index in [2.05, 4.69) is 0 Å². The molecule has 0 bridgehead atoms. The quantitative estimate of drug-likeness (QED) is 0.548. The number of carbonyl (C=O) groups is 2. The number of hydrogen-bond donors (Lipinski definition) is 1. The van der Waals surface area contributed by atoms with E-state index in [0.717, 1.165) is 6.42 Å². The van der Waals surface area contributed by atoms with Gasteiger partial charge in [0, 0.05) is 19.0 Å². The first-order valence-electron chi connectivity index (χ1n) is 3.72. The van der Waals surface area contributed by atoms with Gasteiger partial charge in [0.25, 0.3) is 0 Å². The zero-order valence-corrected chi connectivity index (χ0v) is 5.99. The molecule has 11 heavy (non-hydrogen) atoms. The smallest absolute Gasteiger partial charge is 0.407 e. The third kappa shape index (κ3) is 0.751. The topological polar surface area (TPSA) is 57.6 Å². The van der Waals surface area contributed by atoms with Crippen molar-refractivity contribution in [2.24, 2.45) is 5.92 Å². The second-order valence-electron chi connectivity index (χ2n) is 3.11. The largest absolute Gasteiger partial charge is 0.465 e. The molecule has 1 heterocycles. The van der Waals surface area contributed by atoms with E-state index in [0.29, 0.717) is 13.0 Å². The minimum atomic E-state index is -0.888. The number of rotatable bonds is 0. The second-order valence-corrected chi connectivity index (χ2v) is 3.11. The van der Waals surface area contributed by atoms with Crippen LogP contribution in [0.3, 0.4) is 0 Å². The zero-order chi connectivity index (χ0) is 8.01. The van der Waals surface area contributed by atoms with Crippen LogP contribution in [0.15, 0.2) is 0 Å². The molecule has 2 atom stereocenters. The van der Waals surface area contributed by atoms with Crippen molar-refractivity contribution in [2.45, 2.75) is 18.9 Å². The summed E-state index contributed by atoms with van der Waals surface area (Å²) in [5.74, 6) is 0.276. The van der Waals surface area contributed by atoms with Gasteiger partial charge in [0.15, 0.2) is 0 Å². The van der Waals surface area contributed by atoms with Crippen LogP contribution < -0.4 is 0 Å². The minimum absolute atomic E-state index is 0.0139. The standard InChI is InChI=1S/C7H9NO3/c9-6-2-1-5-4(6)3-8(5)7(10)11/h4-5H,1-3H2,(H,10,11). The number of fused-ring (bicyclic) bond motifs is 1. The highest BCUT2D eigenvalue weighted by molar-refractivity contribution is 5.87. The highest BCUT2D eigenvalue weighted by Crippen LogP contribution is 2.36. The van der Waals surface area contributed by atoms with Gasteiger partial charge in [0.2, 0.25) is 0 Å². The third-order valence-electron chi connectivity index (χ3n) is 2.60. The Morgan fingerprint density at radius 1 is 1.64 bits per heavy atom. The average Bonchev–Trinajstić information content (AvgIpc) is 2.06. The van der Waals surface area contributed by atoms with Crippen molar-refractivity contribution in [3.8, 4) is 0 Å². The van der Waals surface area contributed by atoms with Gasteiger partial charge in [-0.05, 0) is 6.42 Å². The van der Waals surface area contributed by atoms with Gasteiger partial charge < -0.3 is 10.0 Å². The predicted octanol–water partition coefficient (Wildman–Crippen LogP) is 0.328. The number of Topliss-reactive ketones (excluding diaryl/α,β-unsaturated/α-hetero) is 1. The molecule has 1 saturated heterocycles. The summed E-state index contributed by atoms with van der Waals surface area (Å²) in [6.07, 6.45) is 0.413.